The third-order valence-corrected chi connectivity index (χ3v) is 2.75. The highest BCUT2D eigenvalue weighted by molar-refractivity contribution is 14.1. The van der Waals surface area contributed by atoms with Crippen LogP contribution in [0.1, 0.15) is 12.0 Å². The zero-order valence-electron chi connectivity index (χ0n) is 9.05. The second-order valence-corrected chi connectivity index (χ2v) is 4.40. The van der Waals surface area contributed by atoms with Crippen LogP contribution in [0.2, 0.25) is 0 Å². The van der Waals surface area contributed by atoms with Crippen molar-refractivity contribution in [2.45, 2.75) is 6.42 Å². The molecule has 1 rings (SSSR count). The van der Waals surface area contributed by atoms with E-state index in [0.29, 0.717) is 3.57 Å². The van der Waals surface area contributed by atoms with Crippen LogP contribution in [0.5, 0.6) is 5.75 Å². The molecule has 18 heavy (non-hydrogen) atoms. The highest BCUT2D eigenvalue weighted by Gasteiger charge is 2.20. The van der Waals surface area contributed by atoms with Crippen LogP contribution in [0.3, 0.4) is 0 Å². The first-order valence-corrected chi connectivity index (χ1v) is 5.82. The van der Waals surface area contributed by atoms with E-state index in [1.165, 1.54) is 6.07 Å². The minimum absolute atomic E-state index is 0.0345. The molecule has 8 heteroatoms. The van der Waals surface area contributed by atoms with Gasteiger partial charge in [0.05, 0.1) is 33.2 Å². The fourth-order valence-corrected chi connectivity index (χ4v) is 1.94. The van der Waals surface area contributed by atoms with Crippen molar-refractivity contribution in [3.05, 3.63) is 31.4 Å². The molecular weight excluding hydrogens is 353 g/mol. The average molecular weight is 361 g/mol. The first-order chi connectivity index (χ1) is 8.45. The van der Waals surface area contributed by atoms with E-state index in [9.17, 15) is 14.9 Å². The fraction of sp³-hybridized carbons (Fsp3) is 0.200. The Bertz CT molecular complexity index is 539. The number of rotatable bonds is 5. The number of nitro groups is 1. The summed E-state index contributed by atoms with van der Waals surface area (Å²) in [6.07, 6.45) is -0.0345. The molecule has 94 valence electrons. The highest BCUT2D eigenvalue weighted by Crippen LogP contribution is 2.33. The zero-order chi connectivity index (χ0) is 13.7. The largest absolute Gasteiger partial charge is 0.486 e. The molecule has 0 aliphatic carbocycles. The molecule has 0 radical (unpaired) electrons. The maximum absolute atomic E-state index is 10.9. The normalized spacial score (nSPS) is 9.56. The number of hydrogen-bond acceptors (Lipinski definition) is 5. The molecule has 0 atom stereocenters. The van der Waals surface area contributed by atoms with E-state index < -0.39 is 10.8 Å². The third kappa shape index (κ3) is 3.56. The lowest BCUT2D eigenvalue weighted by Crippen LogP contribution is -2.15. The van der Waals surface area contributed by atoms with Crippen LogP contribution in [-0.4, -0.2) is 17.4 Å². The van der Waals surface area contributed by atoms with E-state index in [4.69, 9.17) is 15.7 Å². The lowest BCUT2D eigenvalue weighted by Gasteiger charge is -2.08. The number of carbonyl (C=O) groups excluding carboxylic acids is 1. The van der Waals surface area contributed by atoms with Gasteiger partial charge in [0, 0.05) is 6.07 Å². The van der Waals surface area contributed by atoms with Gasteiger partial charge in [-0.2, -0.15) is 5.26 Å². The number of ether oxygens (including phenoxy) is 1. The maximum Gasteiger partial charge on any atom is 0.313 e. The maximum atomic E-state index is 10.9. The summed E-state index contributed by atoms with van der Waals surface area (Å²) >= 11 is 1.83. The van der Waals surface area contributed by atoms with Crippen LogP contribution in [0.4, 0.5) is 5.69 Å². The molecule has 0 aromatic heterocycles. The lowest BCUT2D eigenvalue weighted by atomic mass is 10.2. The van der Waals surface area contributed by atoms with Gasteiger partial charge in [-0.25, -0.2) is 0 Å². The van der Waals surface area contributed by atoms with Gasteiger partial charge in [-0.3, -0.25) is 14.9 Å². The average Bonchev–Trinajstić information content (AvgIpc) is 2.29. The van der Waals surface area contributed by atoms with Crippen LogP contribution in [0.25, 0.3) is 0 Å². The Morgan fingerprint density at radius 1 is 1.61 bits per heavy atom. The van der Waals surface area contributed by atoms with Crippen LogP contribution in [0.15, 0.2) is 12.1 Å². The van der Waals surface area contributed by atoms with Gasteiger partial charge in [0.25, 0.3) is 0 Å². The van der Waals surface area contributed by atoms with Crippen molar-refractivity contribution in [1.82, 2.24) is 0 Å². The van der Waals surface area contributed by atoms with Gasteiger partial charge in [0.2, 0.25) is 11.7 Å². The summed E-state index contributed by atoms with van der Waals surface area (Å²) in [7, 11) is 0. The molecule has 7 nitrogen and oxygen atoms in total. The molecule has 0 aliphatic rings. The van der Waals surface area contributed by atoms with Crippen molar-refractivity contribution in [3.8, 4) is 11.8 Å². The number of amides is 1. The number of nitrogens with zero attached hydrogens (tertiary/aromatic N) is 2. The summed E-state index contributed by atoms with van der Waals surface area (Å²) in [6, 6.07) is 4.42. The SMILES string of the molecule is N#Cc1cc(I)c(OCCC(N)=O)c([N+](=O)[O-])c1. The van der Waals surface area contributed by atoms with E-state index in [0.717, 1.165) is 6.07 Å². The zero-order valence-corrected chi connectivity index (χ0v) is 11.2. The molecule has 0 unspecified atom stereocenters. The van der Waals surface area contributed by atoms with Gasteiger partial charge in [0.15, 0.2) is 0 Å². The van der Waals surface area contributed by atoms with E-state index in [1.807, 2.05) is 28.7 Å². The number of benzene rings is 1. The lowest BCUT2D eigenvalue weighted by molar-refractivity contribution is -0.386. The Morgan fingerprint density at radius 2 is 2.28 bits per heavy atom. The Balaban J connectivity index is 3.06. The van der Waals surface area contributed by atoms with Crippen LogP contribution < -0.4 is 10.5 Å². The van der Waals surface area contributed by atoms with Crippen molar-refractivity contribution in [3.63, 3.8) is 0 Å². The first kappa shape index (κ1) is 14.2. The topological polar surface area (TPSA) is 119 Å². The number of nitrogens with two attached hydrogens (primary N) is 1. The van der Waals surface area contributed by atoms with Gasteiger partial charge in [-0.1, -0.05) is 0 Å². The summed E-state index contributed by atoms with van der Waals surface area (Å²) in [5.41, 5.74) is 4.81. The third-order valence-electron chi connectivity index (χ3n) is 1.94. The molecule has 0 spiro atoms. The van der Waals surface area contributed by atoms with Crippen molar-refractivity contribution in [1.29, 1.82) is 5.26 Å². The van der Waals surface area contributed by atoms with E-state index >= 15 is 0 Å². The van der Waals surface area contributed by atoms with Gasteiger partial charge in [-0.05, 0) is 28.7 Å². The molecule has 0 fully saturated rings. The Kier molecular flexibility index (Phi) is 4.85. The second-order valence-electron chi connectivity index (χ2n) is 3.24. The predicted molar refractivity (Wildman–Crippen MR) is 69.8 cm³/mol. The van der Waals surface area contributed by atoms with E-state index in [-0.39, 0.29) is 30.0 Å². The molecule has 1 aromatic rings. The van der Waals surface area contributed by atoms with Gasteiger partial charge in [0.1, 0.15) is 0 Å². The van der Waals surface area contributed by atoms with Gasteiger partial charge < -0.3 is 10.5 Å². The van der Waals surface area contributed by atoms with E-state index in [2.05, 4.69) is 0 Å². The molecule has 0 heterocycles. The highest BCUT2D eigenvalue weighted by atomic mass is 127. The first-order valence-electron chi connectivity index (χ1n) is 4.75. The Morgan fingerprint density at radius 3 is 2.78 bits per heavy atom. The minimum atomic E-state index is -0.636. The van der Waals surface area contributed by atoms with Gasteiger partial charge in [-0.15, -0.1) is 0 Å². The molecule has 2 N–H and O–H groups in total. The summed E-state index contributed by atoms with van der Waals surface area (Å²) in [6.45, 7) is -0.0436. The number of halogens is 1. The number of nitriles is 1. The molecule has 1 amide bonds. The molecule has 0 saturated heterocycles. The van der Waals surface area contributed by atoms with Crippen molar-refractivity contribution < 1.29 is 14.5 Å². The predicted octanol–water partition coefficient (Wildman–Crippen LogP) is 1.33. The van der Waals surface area contributed by atoms with Crippen LogP contribution in [0, 0.1) is 25.0 Å². The van der Waals surface area contributed by atoms with Gasteiger partial charge >= 0.3 is 5.69 Å². The van der Waals surface area contributed by atoms with Crippen LogP contribution >= 0.6 is 22.6 Å². The van der Waals surface area contributed by atoms with Crippen molar-refractivity contribution in [2.24, 2.45) is 5.73 Å². The fourth-order valence-electron chi connectivity index (χ4n) is 1.18. The monoisotopic (exact) mass is 361 g/mol. The summed E-state index contributed by atoms with van der Waals surface area (Å²) < 4.78 is 5.61. The quantitative estimate of drug-likeness (QED) is 0.482. The van der Waals surface area contributed by atoms with Crippen molar-refractivity contribution in [2.75, 3.05) is 6.61 Å². The standard InChI is InChI=1S/C10H8IN3O4/c11-7-3-6(5-12)4-8(14(16)17)10(7)18-2-1-9(13)15/h3-4H,1-2H2,(H2,13,15). The minimum Gasteiger partial charge on any atom is -0.486 e. The summed E-state index contributed by atoms with van der Waals surface area (Å²) in [5.74, 6) is -0.512. The molecule has 1 aromatic carbocycles. The molecular formula is C10H8IN3O4. The Hall–Kier alpha value is -1.89. The van der Waals surface area contributed by atoms with Crippen LogP contribution in [-0.2, 0) is 4.79 Å². The molecule has 0 aliphatic heterocycles. The summed E-state index contributed by atoms with van der Waals surface area (Å²) in [5, 5.41) is 19.6. The summed E-state index contributed by atoms with van der Waals surface area (Å²) in [4.78, 5) is 20.8. The number of primary amides is 1. The smallest absolute Gasteiger partial charge is 0.313 e. The Labute approximate surface area is 116 Å². The molecule has 0 bridgehead atoms. The number of hydrogen-bond donors (Lipinski definition) is 1. The van der Waals surface area contributed by atoms with Crippen molar-refractivity contribution >= 4 is 34.2 Å². The second kappa shape index (κ2) is 6.15. The molecule has 0 saturated carbocycles. The van der Waals surface area contributed by atoms with E-state index in [1.54, 1.807) is 0 Å². The number of carbonyl (C=O) groups is 1. The number of nitro benzene ring substituents is 1.